The van der Waals surface area contributed by atoms with E-state index in [9.17, 15) is 4.79 Å². The molecule has 0 spiro atoms. The number of amides is 1. The largest absolute Gasteiger partial charge is 0.444 e. The zero-order valence-corrected chi connectivity index (χ0v) is 15.8. The van der Waals surface area contributed by atoms with E-state index in [1.54, 1.807) is 6.20 Å². The second-order valence-electron chi connectivity index (χ2n) is 7.47. The van der Waals surface area contributed by atoms with Crippen LogP contribution in [0.25, 0.3) is 11.3 Å². The fraction of sp³-hybridized carbons (Fsp3) is 0.500. The average Bonchev–Trinajstić information content (AvgIpc) is 3.04. The molecule has 1 amide bonds. The van der Waals surface area contributed by atoms with E-state index < -0.39 is 5.60 Å². The summed E-state index contributed by atoms with van der Waals surface area (Å²) < 4.78 is 10.7. The molecule has 1 aromatic heterocycles. The number of hydrogen-bond acceptors (Lipinski definition) is 4. The number of aryl methyl sites for hydroxylation is 1. The van der Waals surface area contributed by atoms with E-state index in [-0.39, 0.29) is 6.09 Å². The molecule has 0 aliphatic carbocycles. The highest BCUT2D eigenvalue weighted by atomic mass is 16.6. The summed E-state index contributed by atoms with van der Waals surface area (Å²) in [5.41, 5.74) is 3.05. The van der Waals surface area contributed by atoms with Gasteiger partial charge in [0.25, 0.3) is 0 Å². The Hall–Kier alpha value is -2.30. The maximum Gasteiger partial charge on any atom is 0.407 e. The van der Waals surface area contributed by atoms with E-state index in [0.29, 0.717) is 12.5 Å². The molecule has 25 heavy (non-hydrogen) atoms. The number of carbonyl (C=O) groups excluding carboxylic acids is 1. The second-order valence-corrected chi connectivity index (χ2v) is 7.47. The minimum absolute atomic E-state index is 0.377. The first kappa shape index (κ1) is 19.0. The Morgan fingerprint density at radius 2 is 2.08 bits per heavy atom. The number of ether oxygens (including phenoxy) is 1. The molecule has 5 nitrogen and oxygen atoms in total. The van der Waals surface area contributed by atoms with Crippen molar-refractivity contribution in [1.29, 1.82) is 0 Å². The molecule has 0 atom stereocenters. The molecule has 5 heteroatoms. The summed E-state index contributed by atoms with van der Waals surface area (Å²) in [4.78, 5) is 15.7. The number of alkyl carbamates (subject to hydrolysis) is 1. The van der Waals surface area contributed by atoms with Crippen molar-refractivity contribution < 1.29 is 13.9 Å². The topological polar surface area (TPSA) is 64.4 Å². The third-order valence-electron chi connectivity index (χ3n) is 3.79. The molecule has 136 valence electrons. The van der Waals surface area contributed by atoms with Gasteiger partial charge in [-0.25, -0.2) is 9.78 Å². The summed E-state index contributed by atoms with van der Waals surface area (Å²) in [5.74, 6) is 1.22. The lowest BCUT2D eigenvalue weighted by atomic mass is 9.94. The van der Waals surface area contributed by atoms with Crippen LogP contribution in [0, 0.1) is 0 Å². The van der Waals surface area contributed by atoms with Crippen LogP contribution in [-0.2, 0) is 11.2 Å². The SMILES string of the molecule is CC(C)c1ccc(CCCNC(=O)OC(C)(C)C)c(-c2cnco2)c1. The molecule has 0 saturated heterocycles. The van der Waals surface area contributed by atoms with Crippen molar-refractivity contribution in [2.75, 3.05) is 6.54 Å². The molecule has 2 aromatic rings. The molecule has 0 radical (unpaired) electrons. The van der Waals surface area contributed by atoms with Crippen LogP contribution in [0.2, 0.25) is 0 Å². The normalized spacial score (nSPS) is 11.6. The minimum Gasteiger partial charge on any atom is -0.444 e. The fourth-order valence-electron chi connectivity index (χ4n) is 2.53. The zero-order valence-electron chi connectivity index (χ0n) is 15.8. The van der Waals surface area contributed by atoms with Crippen LogP contribution in [0.5, 0.6) is 0 Å². The van der Waals surface area contributed by atoms with Crippen molar-refractivity contribution >= 4 is 6.09 Å². The number of hydrogen-bond donors (Lipinski definition) is 1. The molecule has 1 heterocycles. The summed E-state index contributed by atoms with van der Waals surface area (Å²) in [6, 6.07) is 6.46. The summed E-state index contributed by atoms with van der Waals surface area (Å²) in [7, 11) is 0. The van der Waals surface area contributed by atoms with Crippen LogP contribution in [0.4, 0.5) is 4.79 Å². The lowest BCUT2D eigenvalue weighted by molar-refractivity contribution is 0.0527. The molecular weight excluding hydrogens is 316 g/mol. The van der Waals surface area contributed by atoms with E-state index >= 15 is 0 Å². The minimum atomic E-state index is -0.476. The van der Waals surface area contributed by atoms with E-state index in [0.717, 1.165) is 24.2 Å². The monoisotopic (exact) mass is 344 g/mol. The van der Waals surface area contributed by atoms with Gasteiger partial charge in [-0.1, -0.05) is 26.0 Å². The van der Waals surface area contributed by atoms with Crippen LogP contribution < -0.4 is 5.32 Å². The summed E-state index contributed by atoms with van der Waals surface area (Å²) >= 11 is 0. The fourth-order valence-corrected chi connectivity index (χ4v) is 2.53. The Labute approximate surface area is 149 Å². The third kappa shape index (κ3) is 5.93. The van der Waals surface area contributed by atoms with Crippen molar-refractivity contribution in [2.45, 2.75) is 59.0 Å². The van der Waals surface area contributed by atoms with Gasteiger partial charge in [0, 0.05) is 12.1 Å². The number of aromatic nitrogens is 1. The van der Waals surface area contributed by atoms with Gasteiger partial charge in [0.1, 0.15) is 5.60 Å². The predicted molar refractivity (Wildman–Crippen MR) is 98.6 cm³/mol. The smallest absolute Gasteiger partial charge is 0.407 e. The van der Waals surface area contributed by atoms with Gasteiger partial charge in [-0.2, -0.15) is 0 Å². The van der Waals surface area contributed by atoms with Gasteiger partial charge in [-0.05, 0) is 56.7 Å². The number of rotatable bonds is 6. The van der Waals surface area contributed by atoms with Crippen molar-refractivity contribution in [1.82, 2.24) is 10.3 Å². The van der Waals surface area contributed by atoms with E-state index in [1.165, 1.54) is 17.5 Å². The number of nitrogens with zero attached hydrogens (tertiary/aromatic N) is 1. The highest BCUT2D eigenvalue weighted by Crippen LogP contribution is 2.28. The molecule has 0 fully saturated rings. The van der Waals surface area contributed by atoms with E-state index in [2.05, 4.69) is 42.3 Å². The van der Waals surface area contributed by atoms with Crippen molar-refractivity contribution in [3.63, 3.8) is 0 Å². The Bertz CT molecular complexity index is 685. The molecule has 0 saturated carbocycles. The maximum atomic E-state index is 11.7. The van der Waals surface area contributed by atoms with Crippen LogP contribution >= 0.6 is 0 Å². The summed E-state index contributed by atoms with van der Waals surface area (Å²) in [6.45, 7) is 10.5. The van der Waals surface area contributed by atoms with Crippen LogP contribution in [0.1, 0.15) is 58.1 Å². The first-order chi connectivity index (χ1) is 11.8. The molecule has 0 bridgehead atoms. The Morgan fingerprint density at radius 3 is 2.68 bits per heavy atom. The molecule has 1 aromatic carbocycles. The molecule has 0 unspecified atom stereocenters. The number of oxazole rings is 1. The van der Waals surface area contributed by atoms with Crippen LogP contribution in [-0.4, -0.2) is 23.2 Å². The number of carbonyl (C=O) groups is 1. The van der Waals surface area contributed by atoms with Crippen LogP contribution in [0.15, 0.2) is 35.2 Å². The Balaban J connectivity index is 1.99. The van der Waals surface area contributed by atoms with Gasteiger partial charge in [0.2, 0.25) is 0 Å². The quantitative estimate of drug-likeness (QED) is 0.755. The van der Waals surface area contributed by atoms with E-state index in [4.69, 9.17) is 9.15 Å². The molecule has 0 aliphatic rings. The molecule has 2 rings (SSSR count). The van der Waals surface area contributed by atoms with Gasteiger partial charge >= 0.3 is 6.09 Å². The second kappa shape index (κ2) is 8.19. The number of benzene rings is 1. The summed E-state index contributed by atoms with van der Waals surface area (Å²) in [5, 5.41) is 2.80. The lowest BCUT2D eigenvalue weighted by Gasteiger charge is -2.19. The van der Waals surface area contributed by atoms with Gasteiger partial charge < -0.3 is 14.5 Å². The maximum absolute atomic E-state index is 11.7. The Morgan fingerprint density at radius 1 is 1.32 bits per heavy atom. The van der Waals surface area contributed by atoms with Gasteiger partial charge in [-0.3, -0.25) is 0 Å². The third-order valence-corrected chi connectivity index (χ3v) is 3.79. The van der Waals surface area contributed by atoms with Gasteiger partial charge in [-0.15, -0.1) is 0 Å². The van der Waals surface area contributed by atoms with Crippen molar-refractivity contribution in [2.24, 2.45) is 0 Å². The standard InChI is InChI=1S/C20H28N2O3/c1-14(2)16-9-8-15(17(11-16)18-12-21-13-24-18)7-6-10-22-19(23)25-20(3,4)5/h8-9,11-14H,6-7,10H2,1-5H3,(H,22,23). The number of nitrogens with one attached hydrogen (secondary N) is 1. The van der Waals surface area contributed by atoms with Crippen molar-refractivity contribution in [3.8, 4) is 11.3 Å². The van der Waals surface area contributed by atoms with E-state index in [1.807, 2.05) is 20.8 Å². The predicted octanol–water partition coefficient (Wildman–Crippen LogP) is 4.92. The van der Waals surface area contributed by atoms with Crippen LogP contribution in [0.3, 0.4) is 0 Å². The Kier molecular flexibility index (Phi) is 6.23. The molecule has 0 aliphatic heterocycles. The molecular formula is C20H28N2O3. The highest BCUT2D eigenvalue weighted by molar-refractivity contribution is 5.67. The lowest BCUT2D eigenvalue weighted by Crippen LogP contribution is -2.33. The molecule has 1 N–H and O–H groups in total. The first-order valence-electron chi connectivity index (χ1n) is 8.75. The highest BCUT2D eigenvalue weighted by Gasteiger charge is 2.16. The average molecular weight is 344 g/mol. The summed E-state index contributed by atoms with van der Waals surface area (Å²) in [6.07, 6.45) is 4.47. The first-order valence-corrected chi connectivity index (χ1v) is 8.75. The van der Waals surface area contributed by atoms with Gasteiger partial charge in [0.05, 0.1) is 6.20 Å². The van der Waals surface area contributed by atoms with Crippen molar-refractivity contribution in [3.05, 3.63) is 41.9 Å². The van der Waals surface area contributed by atoms with Gasteiger partial charge in [0.15, 0.2) is 12.2 Å². The zero-order chi connectivity index (χ0) is 18.4.